The van der Waals surface area contributed by atoms with Crippen molar-refractivity contribution in [2.45, 2.75) is 0 Å². The molecular weight excluding hydrogens is 264 g/mol. The van der Waals surface area contributed by atoms with Gasteiger partial charge >= 0.3 is 11.6 Å². The third kappa shape index (κ3) is 1.70. The summed E-state index contributed by atoms with van der Waals surface area (Å²) in [6, 6.07) is 6.00. The van der Waals surface area contributed by atoms with E-state index in [-0.39, 0.29) is 11.6 Å². The van der Waals surface area contributed by atoms with Crippen LogP contribution in [0.1, 0.15) is 0 Å². The van der Waals surface area contributed by atoms with E-state index in [1.165, 1.54) is 24.3 Å². The molecule has 0 saturated heterocycles. The molecule has 0 aliphatic rings. The molecule has 0 saturated carbocycles. The van der Waals surface area contributed by atoms with Crippen molar-refractivity contribution in [2.75, 3.05) is 0 Å². The van der Waals surface area contributed by atoms with E-state index in [4.69, 9.17) is 0 Å². The molecular formula is C12H8N4O4. The number of hydrogen-bond donors (Lipinski definition) is 0. The lowest BCUT2D eigenvalue weighted by Gasteiger charge is -2.03. The standard InChI is InChI=1S/C12H8N4O4/c17-13-5-6-14(18)11(13)9-1-2-10(4-3-9)12-15(19)7-8-16(12)20/h1-8H. The largest absolute Gasteiger partial charge is 0.710 e. The normalized spacial score (nSPS) is 10.8. The van der Waals surface area contributed by atoms with Gasteiger partial charge in [-0.15, -0.1) is 0 Å². The maximum atomic E-state index is 11.4. The van der Waals surface area contributed by atoms with Crippen LogP contribution in [0.4, 0.5) is 0 Å². The summed E-state index contributed by atoms with van der Waals surface area (Å²) >= 11 is 0. The first-order valence-electron chi connectivity index (χ1n) is 5.65. The fourth-order valence-electron chi connectivity index (χ4n) is 2.00. The molecule has 8 heteroatoms. The molecule has 2 radical (unpaired) electrons. The lowest BCUT2D eigenvalue weighted by Crippen LogP contribution is -2.27. The van der Waals surface area contributed by atoms with E-state index in [2.05, 4.69) is 0 Å². The lowest BCUT2D eigenvalue weighted by atomic mass is 10.1. The maximum Gasteiger partial charge on any atom is 0.336 e. The topological polar surface area (TPSA) is 104 Å². The van der Waals surface area contributed by atoms with Crippen molar-refractivity contribution >= 4 is 0 Å². The van der Waals surface area contributed by atoms with E-state index in [0.717, 1.165) is 24.8 Å². The Hall–Kier alpha value is -3.16. The molecule has 0 amide bonds. The molecule has 0 unspecified atom stereocenters. The molecule has 3 rings (SSSR count). The van der Waals surface area contributed by atoms with Crippen molar-refractivity contribution in [2.24, 2.45) is 0 Å². The van der Waals surface area contributed by atoms with Gasteiger partial charge in [-0.3, -0.25) is 0 Å². The van der Waals surface area contributed by atoms with Crippen LogP contribution < -0.4 is 9.46 Å². The van der Waals surface area contributed by atoms with Crippen LogP contribution in [0.5, 0.6) is 0 Å². The highest BCUT2D eigenvalue weighted by Gasteiger charge is 2.20. The molecule has 0 fully saturated rings. The van der Waals surface area contributed by atoms with Gasteiger partial charge in [0.1, 0.15) is 12.4 Å². The monoisotopic (exact) mass is 272 g/mol. The molecule has 1 aromatic carbocycles. The highest BCUT2D eigenvalue weighted by atomic mass is 16.5. The number of nitrogens with zero attached hydrogens (tertiary/aromatic N) is 4. The van der Waals surface area contributed by atoms with Gasteiger partial charge in [0.2, 0.25) is 0 Å². The fourth-order valence-corrected chi connectivity index (χ4v) is 2.00. The van der Waals surface area contributed by atoms with Crippen molar-refractivity contribution in [1.29, 1.82) is 0 Å². The van der Waals surface area contributed by atoms with E-state index < -0.39 is 0 Å². The summed E-state index contributed by atoms with van der Waals surface area (Å²) in [5, 5.41) is 45.8. The van der Waals surface area contributed by atoms with Crippen molar-refractivity contribution in [3.8, 4) is 22.8 Å². The average Bonchev–Trinajstić information content (AvgIpc) is 2.94. The Bertz CT molecular complexity index is 656. The van der Waals surface area contributed by atoms with Crippen LogP contribution in [0.25, 0.3) is 22.8 Å². The van der Waals surface area contributed by atoms with Crippen LogP contribution in [0, 0.1) is 10.4 Å². The van der Waals surface area contributed by atoms with Gasteiger partial charge < -0.3 is 10.4 Å². The zero-order valence-electron chi connectivity index (χ0n) is 10.0. The van der Waals surface area contributed by atoms with Crippen molar-refractivity contribution in [3.63, 3.8) is 0 Å². The van der Waals surface area contributed by atoms with Gasteiger partial charge in [-0.2, -0.15) is 0 Å². The van der Waals surface area contributed by atoms with Gasteiger partial charge in [-0.1, -0.05) is 10.4 Å². The minimum Gasteiger partial charge on any atom is -0.710 e. The number of benzene rings is 1. The molecule has 0 aliphatic heterocycles. The van der Waals surface area contributed by atoms with Crippen molar-refractivity contribution in [3.05, 3.63) is 59.5 Å². The molecule has 2 aromatic heterocycles. The lowest BCUT2D eigenvalue weighted by molar-refractivity contribution is -0.594. The summed E-state index contributed by atoms with van der Waals surface area (Å²) in [7, 11) is 0. The summed E-state index contributed by atoms with van der Waals surface area (Å²) in [6.07, 6.45) is 4.41. The van der Waals surface area contributed by atoms with Crippen LogP contribution in [-0.2, 0) is 10.4 Å². The molecule has 0 N–H and O–H groups in total. The van der Waals surface area contributed by atoms with Crippen molar-refractivity contribution < 1.29 is 19.9 Å². The zero-order valence-corrected chi connectivity index (χ0v) is 10.0. The second-order valence-corrected chi connectivity index (χ2v) is 4.12. The number of hydrogen-bond acceptors (Lipinski definition) is 2. The van der Waals surface area contributed by atoms with Gasteiger partial charge in [-0.25, -0.2) is 9.46 Å². The minimum atomic E-state index is -0.0657. The summed E-state index contributed by atoms with van der Waals surface area (Å²) in [5.74, 6) is -0.131. The first kappa shape index (κ1) is 11.9. The third-order valence-corrected chi connectivity index (χ3v) is 2.91. The van der Waals surface area contributed by atoms with E-state index in [1.54, 1.807) is 0 Å². The van der Waals surface area contributed by atoms with Crippen LogP contribution in [-0.4, -0.2) is 9.46 Å². The fraction of sp³-hybridized carbons (Fsp3) is 0. The van der Waals surface area contributed by atoms with Gasteiger partial charge in [0.05, 0.1) is 11.1 Å². The van der Waals surface area contributed by atoms with Crippen LogP contribution >= 0.6 is 0 Å². The molecule has 100 valence electrons. The molecule has 0 atom stereocenters. The predicted molar refractivity (Wildman–Crippen MR) is 63.4 cm³/mol. The van der Waals surface area contributed by atoms with Crippen LogP contribution in [0.3, 0.4) is 0 Å². The van der Waals surface area contributed by atoms with Gasteiger partial charge in [0.15, 0.2) is 12.4 Å². The van der Waals surface area contributed by atoms with E-state index in [0.29, 0.717) is 30.0 Å². The smallest absolute Gasteiger partial charge is 0.336 e. The summed E-state index contributed by atoms with van der Waals surface area (Å²) in [4.78, 5) is 0. The molecule has 20 heavy (non-hydrogen) atoms. The highest BCUT2D eigenvalue weighted by Crippen LogP contribution is 2.21. The predicted octanol–water partition coefficient (Wildman–Crippen LogP) is 0.278. The maximum absolute atomic E-state index is 11.4. The Kier molecular flexibility index (Phi) is 2.50. The summed E-state index contributed by atoms with van der Waals surface area (Å²) in [5.41, 5.74) is 0.787. The number of aromatic nitrogens is 4. The first-order chi connectivity index (χ1) is 9.58. The third-order valence-electron chi connectivity index (χ3n) is 2.91. The molecule has 0 aliphatic carbocycles. The molecule has 3 aromatic rings. The second-order valence-electron chi connectivity index (χ2n) is 4.12. The van der Waals surface area contributed by atoms with E-state index in [1.807, 2.05) is 0 Å². The molecule has 0 spiro atoms. The molecule has 2 heterocycles. The summed E-state index contributed by atoms with van der Waals surface area (Å²) < 4.78 is 1.80. The Morgan fingerprint density at radius 2 is 1.10 bits per heavy atom. The number of rotatable bonds is 2. The van der Waals surface area contributed by atoms with Gasteiger partial charge in [0.25, 0.3) is 0 Å². The van der Waals surface area contributed by atoms with Crippen molar-refractivity contribution in [1.82, 2.24) is 9.46 Å². The molecule has 8 nitrogen and oxygen atoms in total. The van der Waals surface area contributed by atoms with Gasteiger partial charge in [0, 0.05) is 9.46 Å². The Labute approximate surface area is 112 Å². The Balaban J connectivity index is 2.05. The van der Waals surface area contributed by atoms with E-state index >= 15 is 0 Å². The minimum absolute atomic E-state index is 0.0657. The number of imidazole rings is 2. The second kappa shape index (κ2) is 4.19. The Morgan fingerprint density at radius 3 is 1.35 bits per heavy atom. The summed E-state index contributed by atoms with van der Waals surface area (Å²) in [6.45, 7) is 0. The zero-order chi connectivity index (χ0) is 14.3. The molecule has 0 bridgehead atoms. The van der Waals surface area contributed by atoms with Crippen LogP contribution in [0.2, 0.25) is 0 Å². The van der Waals surface area contributed by atoms with E-state index in [9.17, 15) is 20.8 Å². The van der Waals surface area contributed by atoms with Gasteiger partial charge in [-0.05, 0) is 24.3 Å². The average molecular weight is 272 g/mol. The first-order valence-corrected chi connectivity index (χ1v) is 5.65. The highest BCUT2D eigenvalue weighted by molar-refractivity contribution is 5.61. The SMILES string of the molecule is [O]n1cc[n+]([O-])c1-c1ccc(-c2n([O])cc[n+]2[O-])cc1. The Morgan fingerprint density at radius 1 is 0.750 bits per heavy atom. The van der Waals surface area contributed by atoms with Crippen LogP contribution in [0.15, 0.2) is 49.1 Å². The quantitative estimate of drug-likeness (QED) is 0.493.